The summed E-state index contributed by atoms with van der Waals surface area (Å²) in [5.41, 5.74) is 2.19. The van der Waals surface area contributed by atoms with Crippen LogP contribution in [0.25, 0.3) is 17.1 Å². The molecule has 0 saturated heterocycles. The van der Waals surface area contributed by atoms with Crippen LogP contribution < -0.4 is 5.32 Å². The van der Waals surface area contributed by atoms with E-state index in [1.807, 2.05) is 67.9 Å². The highest BCUT2D eigenvalue weighted by Crippen LogP contribution is 2.25. The molecule has 0 spiro atoms. The van der Waals surface area contributed by atoms with Crippen LogP contribution in [0.5, 0.6) is 0 Å². The first-order valence-corrected chi connectivity index (χ1v) is 8.42. The molecule has 6 heteroatoms. The van der Waals surface area contributed by atoms with Crippen LogP contribution in [-0.4, -0.2) is 25.2 Å². The number of rotatable bonds is 4. The molecule has 1 atom stereocenters. The highest BCUT2D eigenvalue weighted by atomic mass is 35.5. The Labute approximate surface area is 152 Å². The maximum Gasteiger partial charge on any atom is 0.138 e. The average Bonchev–Trinajstić information content (AvgIpc) is 3.08. The van der Waals surface area contributed by atoms with Crippen LogP contribution in [0.15, 0.2) is 55.1 Å². The van der Waals surface area contributed by atoms with Gasteiger partial charge in [0, 0.05) is 34.1 Å². The minimum Gasteiger partial charge on any atom is -0.374 e. The van der Waals surface area contributed by atoms with Gasteiger partial charge in [0.1, 0.15) is 18.4 Å². The van der Waals surface area contributed by atoms with E-state index in [0.717, 1.165) is 16.8 Å². The second-order valence-corrected chi connectivity index (χ2v) is 7.35. The van der Waals surface area contributed by atoms with Crippen LogP contribution in [0.3, 0.4) is 0 Å². The third-order valence-corrected chi connectivity index (χ3v) is 3.88. The number of nitrogens with one attached hydrogen (secondary N) is 1. The molecule has 2 heterocycles. The quantitative estimate of drug-likeness (QED) is 0.694. The molecule has 0 radical (unpaired) electrons. The van der Waals surface area contributed by atoms with Crippen LogP contribution in [0, 0.1) is 0 Å². The number of hydrogen-bond donors (Lipinski definition) is 2. The van der Waals surface area contributed by atoms with E-state index in [-0.39, 0.29) is 5.54 Å². The number of imidazole rings is 1. The van der Waals surface area contributed by atoms with E-state index in [0.29, 0.717) is 10.8 Å². The fourth-order valence-electron chi connectivity index (χ4n) is 2.48. The molecule has 1 unspecified atom stereocenters. The van der Waals surface area contributed by atoms with Gasteiger partial charge in [0.2, 0.25) is 0 Å². The topological polar surface area (TPSA) is 63.0 Å². The molecule has 0 aliphatic rings. The molecular formula is C19H21ClN4O. The smallest absolute Gasteiger partial charge is 0.138 e. The molecule has 2 N–H and O–H groups in total. The van der Waals surface area contributed by atoms with Gasteiger partial charge in [-0.25, -0.2) is 9.97 Å². The van der Waals surface area contributed by atoms with E-state index in [1.165, 1.54) is 0 Å². The largest absolute Gasteiger partial charge is 0.374 e. The Bertz CT molecular complexity index is 839. The second kappa shape index (κ2) is 6.96. The van der Waals surface area contributed by atoms with E-state index in [1.54, 1.807) is 12.5 Å². The molecule has 1 aromatic carbocycles. The van der Waals surface area contributed by atoms with Gasteiger partial charge in [0.05, 0.1) is 5.69 Å². The number of halogens is 1. The molecular weight excluding hydrogens is 336 g/mol. The second-order valence-electron chi connectivity index (χ2n) is 6.92. The van der Waals surface area contributed by atoms with Gasteiger partial charge in [-0.3, -0.25) is 9.88 Å². The molecule has 0 bridgehead atoms. The van der Waals surface area contributed by atoms with Crippen molar-refractivity contribution in [2.75, 3.05) is 0 Å². The number of aliphatic hydroxyl groups is 1. The summed E-state index contributed by atoms with van der Waals surface area (Å²) in [6.07, 6.45) is 4.39. The van der Waals surface area contributed by atoms with Crippen LogP contribution in [0.1, 0.15) is 32.6 Å². The van der Waals surface area contributed by atoms with Crippen molar-refractivity contribution >= 4 is 11.6 Å². The lowest BCUT2D eigenvalue weighted by Crippen LogP contribution is -2.38. The van der Waals surface area contributed by atoms with Crippen molar-refractivity contribution in [1.82, 2.24) is 19.9 Å². The zero-order valence-corrected chi connectivity index (χ0v) is 15.2. The standard InChI is InChI=1S/C19H21ClN4O/c1-19(2,3)23-18(25)14-10-16(13-4-6-15(20)7-5-13)22-17(11-14)24-9-8-21-12-24/h4-12,18,23,25H,1-3H3. The summed E-state index contributed by atoms with van der Waals surface area (Å²) in [7, 11) is 0. The van der Waals surface area contributed by atoms with Gasteiger partial charge < -0.3 is 5.11 Å². The van der Waals surface area contributed by atoms with Crippen molar-refractivity contribution in [2.45, 2.75) is 32.5 Å². The Morgan fingerprint density at radius 3 is 2.48 bits per heavy atom. The lowest BCUT2D eigenvalue weighted by molar-refractivity contribution is 0.107. The van der Waals surface area contributed by atoms with Gasteiger partial charge in [-0.05, 0) is 45.0 Å². The molecule has 0 amide bonds. The third-order valence-electron chi connectivity index (χ3n) is 3.63. The maximum atomic E-state index is 10.6. The summed E-state index contributed by atoms with van der Waals surface area (Å²) in [5, 5.41) is 14.5. The Morgan fingerprint density at radius 1 is 1.16 bits per heavy atom. The van der Waals surface area contributed by atoms with Crippen molar-refractivity contribution in [3.8, 4) is 17.1 Å². The number of benzene rings is 1. The fraction of sp³-hybridized carbons (Fsp3) is 0.263. The van der Waals surface area contributed by atoms with E-state index in [2.05, 4.69) is 10.3 Å². The van der Waals surface area contributed by atoms with E-state index >= 15 is 0 Å². The zero-order valence-electron chi connectivity index (χ0n) is 14.4. The van der Waals surface area contributed by atoms with Gasteiger partial charge in [-0.1, -0.05) is 23.7 Å². The van der Waals surface area contributed by atoms with E-state index in [4.69, 9.17) is 16.6 Å². The summed E-state index contributed by atoms with van der Waals surface area (Å²) in [6, 6.07) is 11.2. The SMILES string of the molecule is CC(C)(C)NC(O)c1cc(-c2ccc(Cl)cc2)nc(-n2ccnc2)c1. The van der Waals surface area contributed by atoms with Crippen molar-refractivity contribution in [1.29, 1.82) is 0 Å². The van der Waals surface area contributed by atoms with Gasteiger partial charge >= 0.3 is 0 Å². The normalized spacial score (nSPS) is 13.0. The van der Waals surface area contributed by atoms with Gasteiger partial charge in [0.15, 0.2) is 0 Å². The lowest BCUT2D eigenvalue weighted by Gasteiger charge is -2.25. The Kier molecular flexibility index (Phi) is 4.90. The van der Waals surface area contributed by atoms with E-state index < -0.39 is 6.23 Å². The summed E-state index contributed by atoms with van der Waals surface area (Å²) in [5.74, 6) is 0.690. The van der Waals surface area contributed by atoms with Gasteiger partial charge in [0.25, 0.3) is 0 Å². The summed E-state index contributed by atoms with van der Waals surface area (Å²) >= 11 is 5.98. The Hall–Kier alpha value is -2.21. The van der Waals surface area contributed by atoms with E-state index in [9.17, 15) is 5.11 Å². The van der Waals surface area contributed by atoms with Gasteiger partial charge in [-0.15, -0.1) is 0 Å². The molecule has 0 aliphatic carbocycles. The maximum absolute atomic E-state index is 10.6. The highest BCUT2D eigenvalue weighted by molar-refractivity contribution is 6.30. The van der Waals surface area contributed by atoms with Crippen LogP contribution >= 0.6 is 11.6 Å². The van der Waals surface area contributed by atoms with Crippen LogP contribution in [0.2, 0.25) is 5.02 Å². The van der Waals surface area contributed by atoms with Crippen LogP contribution in [-0.2, 0) is 0 Å². The average molecular weight is 357 g/mol. The van der Waals surface area contributed by atoms with Crippen molar-refractivity contribution in [3.63, 3.8) is 0 Å². The number of aromatic nitrogens is 3. The fourth-order valence-corrected chi connectivity index (χ4v) is 2.61. The zero-order chi connectivity index (χ0) is 18.0. The molecule has 25 heavy (non-hydrogen) atoms. The summed E-state index contributed by atoms with van der Waals surface area (Å²) in [4.78, 5) is 8.77. The number of pyridine rings is 1. The molecule has 0 aliphatic heterocycles. The lowest BCUT2D eigenvalue weighted by atomic mass is 10.1. The Morgan fingerprint density at radius 2 is 1.88 bits per heavy atom. The molecule has 130 valence electrons. The first-order valence-electron chi connectivity index (χ1n) is 8.04. The summed E-state index contributed by atoms with van der Waals surface area (Å²) in [6.45, 7) is 6.02. The molecule has 3 rings (SSSR count). The molecule has 0 fully saturated rings. The molecule has 2 aromatic heterocycles. The van der Waals surface area contributed by atoms with Crippen LogP contribution in [0.4, 0.5) is 0 Å². The first-order chi connectivity index (χ1) is 11.8. The minimum atomic E-state index is -0.809. The predicted molar refractivity (Wildman–Crippen MR) is 99.7 cm³/mol. The van der Waals surface area contributed by atoms with Crippen molar-refractivity contribution in [3.05, 3.63) is 65.7 Å². The number of hydrogen-bond acceptors (Lipinski definition) is 4. The van der Waals surface area contributed by atoms with Gasteiger partial charge in [-0.2, -0.15) is 0 Å². The highest BCUT2D eigenvalue weighted by Gasteiger charge is 2.18. The van der Waals surface area contributed by atoms with Crippen molar-refractivity contribution < 1.29 is 5.11 Å². The Balaban J connectivity index is 2.07. The van der Waals surface area contributed by atoms with Crippen molar-refractivity contribution in [2.24, 2.45) is 0 Å². The predicted octanol–water partition coefficient (Wildman–Crippen LogP) is 3.97. The molecule has 0 saturated carbocycles. The third kappa shape index (κ3) is 4.45. The number of nitrogens with zero attached hydrogens (tertiary/aromatic N) is 3. The summed E-state index contributed by atoms with van der Waals surface area (Å²) < 4.78 is 1.81. The first kappa shape index (κ1) is 17.6. The number of aliphatic hydroxyl groups excluding tert-OH is 1. The molecule has 3 aromatic rings. The monoisotopic (exact) mass is 356 g/mol. The minimum absolute atomic E-state index is 0.224. The molecule has 5 nitrogen and oxygen atoms in total.